The second-order valence-corrected chi connectivity index (χ2v) is 10.3. The van der Waals surface area contributed by atoms with Crippen molar-refractivity contribution in [1.29, 1.82) is 5.26 Å². The molecule has 0 radical (unpaired) electrons. The number of piperazine rings is 1. The molecular weight excluding hydrogens is 412 g/mol. The first-order valence-electron chi connectivity index (χ1n) is 10.2. The molecule has 0 bridgehead atoms. The lowest BCUT2D eigenvalue weighted by molar-refractivity contribution is 0.0606. The summed E-state index contributed by atoms with van der Waals surface area (Å²) in [6.45, 7) is 7.54. The first kappa shape index (κ1) is 22.9. The summed E-state index contributed by atoms with van der Waals surface area (Å²) in [5.41, 5.74) is 0.808. The summed E-state index contributed by atoms with van der Waals surface area (Å²) in [4.78, 5) is 16.8. The van der Waals surface area contributed by atoms with Gasteiger partial charge in [0.1, 0.15) is 6.04 Å². The topological polar surface area (TPSA) is 93.5 Å². The largest absolute Gasteiger partial charge is 0.336 e. The van der Waals surface area contributed by atoms with Crippen LogP contribution in [0, 0.1) is 11.3 Å². The van der Waals surface area contributed by atoms with E-state index in [-0.39, 0.29) is 16.8 Å². The number of sulfonamides is 1. The fourth-order valence-electron chi connectivity index (χ4n) is 3.61. The highest BCUT2D eigenvalue weighted by atomic mass is 32.2. The van der Waals surface area contributed by atoms with E-state index in [1.807, 2.05) is 30.3 Å². The van der Waals surface area contributed by atoms with Crippen molar-refractivity contribution in [3.63, 3.8) is 0 Å². The lowest BCUT2D eigenvalue weighted by Crippen LogP contribution is -2.49. The summed E-state index contributed by atoms with van der Waals surface area (Å²) in [5.74, 6) is -0.138. The molecule has 3 rings (SSSR count). The maximum atomic E-state index is 12.9. The number of rotatable bonds is 5. The highest BCUT2D eigenvalue weighted by Gasteiger charge is 2.28. The Balaban J connectivity index is 1.64. The number of nitriles is 1. The third-order valence-corrected chi connectivity index (χ3v) is 6.83. The Hall–Kier alpha value is -2.73. The van der Waals surface area contributed by atoms with Crippen molar-refractivity contribution < 1.29 is 13.2 Å². The van der Waals surface area contributed by atoms with Crippen molar-refractivity contribution in [2.24, 2.45) is 0 Å². The van der Waals surface area contributed by atoms with Crippen molar-refractivity contribution in [3.05, 3.63) is 65.7 Å². The van der Waals surface area contributed by atoms with E-state index in [0.717, 1.165) is 5.56 Å². The maximum absolute atomic E-state index is 12.9. The van der Waals surface area contributed by atoms with Gasteiger partial charge in [-0.3, -0.25) is 9.69 Å². The van der Waals surface area contributed by atoms with Gasteiger partial charge < -0.3 is 4.90 Å². The van der Waals surface area contributed by atoms with Crippen LogP contribution >= 0.6 is 0 Å². The van der Waals surface area contributed by atoms with Gasteiger partial charge in [-0.15, -0.1) is 0 Å². The Morgan fingerprint density at radius 3 is 2.10 bits per heavy atom. The molecule has 31 heavy (non-hydrogen) atoms. The van der Waals surface area contributed by atoms with Gasteiger partial charge in [0, 0.05) is 37.3 Å². The van der Waals surface area contributed by atoms with E-state index in [1.54, 1.807) is 37.8 Å². The first-order valence-corrected chi connectivity index (χ1v) is 11.7. The van der Waals surface area contributed by atoms with Gasteiger partial charge in [-0.25, -0.2) is 13.1 Å². The predicted octanol–water partition coefficient (Wildman–Crippen LogP) is 2.79. The van der Waals surface area contributed by atoms with Gasteiger partial charge in [0.05, 0.1) is 11.0 Å². The molecule has 2 aromatic carbocycles. The molecule has 0 spiro atoms. The number of carbonyl (C=O) groups excluding carboxylic acids is 1. The van der Waals surface area contributed by atoms with E-state index < -0.39 is 15.6 Å². The van der Waals surface area contributed by atoms with Gasteiger partial charge in [-0.2, -0.15) is 5.26 Å². The fraction of sp³-hybridized carbons (Fsp3) is 0.391. The third-order valence-electron chi connectivity index (χ3n) is 5.06. The summed E-state index contributed by atoms with van der Waals surface area (Å²) < 4.78 is 27.5. The van der Waals surface area contributed by atoms with Crippen LogP contribution in [-0.2, 0) is 10.0 Å². The Bertz CT molecular complexity index is 1050. The zero-order chi connectivity index (χ0) is 22.6. The van der Waals surface area contributed by atoms with Crippen molar-refractivity contribution >= 4 is 15.9 Å². The number of hydrogen-bond donors (Lipinski definition) is 1. The zero-order valence-electron chi connectivity index (χ0n) is 18.1. The molecule has 1 atom stereocenters. The molecule has 8 heteroatoms. The number of amides is 1. The normalized spacial score (nSPS) is 16.5. The van der Waals surface area contributed by atoms with Crippen molar-refractivity contribution in [1.82, 2.24) is 14.5 Å². The SMILES string of the molecule is CC(C)(C)NS(=O)(=O)c1ccc(C(=O)N2CCN(C(C#N)c3ccccc3)CC2)cc1. The van der Waals surface area contributed by atoms with Gasteiger partial charge in [0.2, 0.25) is 10.0 Å². The minimum absolute atomic E-state index is 0.128. The van der Waals surface area contributed by atoms with E-state index in [4.69, 9.17) is 0 Å². The molecule has 1 heterocycles. The zero-order valence-corrected chi connectivity index (χ0v) is 18.9. The standard InChI is InChI=1S/C23H28N4O3S/c1-23(2,3)25-31(29,30)20-11-9-19(10-12-20)22(28)27-15-13-26(14-16-27)21(17-24)18-7-5-4-6-8-18/h4-12,21,25H,13-16H2,1-3H3. The van der Waals surface area contributed by atoms with E-state index in [0.29, 0.717) is 31.7 Å². The fourth-order valence-corrected chi connectivity index (χ4v) is 5.03. The third kappa shape index (κ3) is 5.70. The van der Waals surface area contributed by atoms with Crippen LogP contribution in [0.1, 0.15) is 42.7 Å². The summed E-state index contributed by atoms with van der Waals surface area (Å²) >= 11 is 0. The van der Waals surface area contributed by atoms with Crippen molar-refractivity contribution in [2.75, 3.05) is 26.2 Å². The second kappa shape index (κ2) is 9.18. The van der Waals surface area contributed by atoms with Crippen LogP contribution in [0.15, 0.2) is 59.5 Å². The van der Waals surface area contributed by atoms with Crippen molar-refractivity contribution in [3.8, 4) is 6.07 Å². The van der Waals surface area contributed by atoms with Crippen LogP contribution < -0.4 is 4.72 Å². The minimum Gasteiger partial charge on any atom is -0.336 e. The van der Waals surface area contributed by atoms with E-state index in [2.05, 4.69) is 15.7 Å². The quantitative estimate of drug-likeness (QED) is 0.772. The molecule has 0 aliphatic carbocycles. The Kier molecular flexibility index (Phi) is 6.80. The molecule has 0 saturated carbocycles. The van der Waals surface area contributed by atoms with Crippen LogP contribution in [0.25, 0.3) is 0 Å². The number of nitrogens with one attached hydrogen (secondary N) is 1. The summed E-state index contributed by atoms with van der Waals surface area (Å²) in [7, 11) is -3.64. The molecule has 2 aromatic rings. The number of hydrogen-bond acceptors (Lipinski definition) is 5. The molecule has 1 amide bonds. The predicted molar refractivity (Wildman–Crippen MR) is 119 cm³/mol. The van der Waals surface area contributed by atoms with Crippen LogP contribution in [0.2, 0.25) is 0 Å². The Labute approximate surface area is 184 Å². The molecule has 1 aliphatic rings. The monoisotopic (exact) mass is 440 g/mol. The van der Waals surface area contributed by atoms with E-state index in [9.17, 15) is 18.5 Å². The van der Waals surface area contributed by atoms with Crippen molar-refractivity contribution in [2.45, 2.75) is 37.2 Å². The smallest absolute Gasteiger partial charge is 0.253 e. The molecule has 1 fully saturated rings. The molecule has 1 saturated heterocycles. The summed E-state index contributed by atoms with van der Waals surface area (Å²) in [6, 6.07) is 17.7. The first-order chi connectivity index (χ1) is 14.6. The number of benzene rings is 2. The van der Waals surface area contributed by atoms with E-state index >= 15 is 0 Å². The highest BCUT2D eigenvalue weighted by Crippen LogP contribution is 2.22. The average molecular weight is 441 g/mol. The maximum Gasteiger partial charge on any atom is 0.253 e. The average Bonchev–Trinajstić information content (AvgIpc) is 2.73. The minimum atomic E-state index is -3.64. The molecule has 0 aromatic heterocycles. The molecule has 164 valence electrons. The number of nitrogens with zero attached hydrogens (tertiary/aromatic N) is 3. The lowest BCUT2D eigenvalue weighted by atomic mass is 10.1. The number of carbonyl (C=O) groups is 1. The van der Waals surface area contributed by atoms with Gasteiger partial charge >= 0.3 is 0 Å². The Morgan fingerprint density at radius 1 is 1.00 bits per heavy atom. The van der Waals surface area contributed by atoms with Gasteiger partial charge in [0.15, 0.2) is 0 Å². The van der Waals surface area contributed by atoms with Crippen LogP contribution in [0.3, 0.4) is 0 Å². The molecule has 1 aliphatic heterocycles. The second-order valence-electron chi connectivity index (χ2n) is 8.65. The van der Waals surface area contributed by atoms with Crippen LogP contribution in [0.4, 0.5) is 0 Å². The van der Waals surface area contributed by atoms with Gasteiger partial charge in [-0.1, -0.05) is 30.3 Å². The molecular formula is C23H28N4O3S. The highest BCUT2D eigenvalue weighted by molar-refractivity contribution is 7.89. The summed E-state index contributed by atoms with van der Waals surface area (Å²) in [5, 5.41) is 9.62. The van der Waals surface area contributed by atoms with Gasteiger partial charge in [0.25, 0.3) is 5.91 Å². The lowest BCUT2D eigenvalue weighted by Gasteiger charge is -2.37. The molecule has 1 N–H and O–H groups in total. The molecule has 7 nitrogen and oxygen atoms in total. The molecule has 1 unspecified atom stereocenters. The van der Waals surface area contributed by atoms with Gasteiger partial charge in [-0.05, 0) is 50.6 Å². The van der Waals surface area contributed by atoms with Crippen LogP contribution in [-0.4, -0.2) is 55.8 Å². The summed E-state index contributed by atoms with van der Waals surface area (Å²) in [6.07, 6.45) is 0. The Morgan fingerprint density at radius 2 is 1.58 bits per heavy atom. The van der Waals surface area contributed by atoms with Crippen LogP contribution in [0.5, 0.6) is 0 Å². The van der Waals surface area contributed by atoms with E-state index in [1.165, 1.54) is 12.1 Å².